The number of carbonyl (C=O) groups is 2. The number of hydrogen-bond acceptors (Lipinski definition) is 6. The van der Waals surface area contributed by atoms with Crippen LogP contribution >= 0.6 is 24.0 Å². The second-order valence-corrected chi connectivity index (χ2v) is 10.8. The van der Waals surface area contributed by atoms with Gasteiger partial charge in [0.1, 0.15) is 0 Å². The number of nitrogens with zero attached hydrogens (tertiary/aromatic N) is 6. The average Bonchev–Trinajstić information content (AvgIpc) is 3.60. The summed E-state index contributed by atoms with van der Waals surface area (Å²) in [5.74, 6) is -0.0766. The number of likely N-dealkylation sites (tertiary alicyclic amines) is 1. The van der Waals surface area contributed by atoms with Crippen LogP contribution in [-0.2, 0) is 24.4 Å². The third kappa shape index (κ3) is 8.42. The average molecular weight is 619 g/mol. The molecule has 0 saturated carbocycles. The van der Waals surface area contributed by atoms with Crippen LogP contribution in [0.5, 0.6) is 0 Å². The Morgan fingerprint density at radius 1 is 1.07 bits per heavy atom. The third-order valence-electron chi connectivity index (χ3n) is 7.40. The third-order valence-corrected chi connectivity index (χ3v) is 7.64. The quantitative estimate of drug-likeness (QED) is 0.231. The molecule has 0 radical (unpaired) electrons. The van der Waals surface area contributed by atoms with Gasteiger partial charge in [0.05, 0.1) is 35.3 Å². The molecule has 9 nitrogen and oxygen atoms in total. The highest BCUT2D eigenvalue weighted by atomic mass is 35.5. The van der Waals surface area contributed by atoms with E-state index in [4.69, 9.17) is 16.9 Å². The molecule has 11 heteroatoms. The predicted molar refractivity (Wildman–Crippen MR) is 167 cm³/mol. The number of pyridine rings is 1. The topological polar surface area (TPSA) is 107 Å². The van der Waals surface area contributed by atoms with Gasteiger partial charge in [0.15, 0.2) is 0 Å². The summed E-state index contributed by atoms with van der Waals surface area (Å²) in [5, 5.41) is 12.7. The molecule has 2 aromatic heterocycles. The molecule has 222 valence electrons. The van der Waals surface area contributed by atoms with Gasteiger partial charge in [-0.1, -0.05) is 35.9 Å². The first-order chi connectivity index (χ1) is 20.5. The Morgan fingerprint density at radius 3 is 2.65 bits per heavy atom. The fraction of sp³-hybridized carbons (Fsp3) is 0.281. The number of aromatic nitrogens is 3. The van der Waals surface area contributed by atoms with Gasteiger partial charge in [-0.2, -0.15) is 5.26 Å². The number of halogens is 2. The van der Waals surface area contributed by atoms with Crippen LogP contribution in [0.15, 0.2) is 85.6 Å². The van der Waals surface area contributed by atoms with Crippen LogP contribution in [0.25, 0.3) is 0 Å². The fourth-order valence-corrected chi connectivity index (χ4v) is 5.43. The maximum atomic E-state index is 13.7. The number of nitrogens with one attached hydrogen (secondary N) is 1. The summed E-state index contributed by atoms with van der Waals surface area (Å²) in [4.78, 5) is 38.6. The van der Waals surface area contributed by atoms with Gasteiger partial charge < -0.3 is 14.8 Å². The molecule has 0 bridgehead atoms. The zero-order valence-electron chi connectivity index (χ0n) is 23.6. The fourth-order valence-electron chi connectivity index (χ4n) is 5.21. The van der Waals surface area contributed by atoms with E-state index >= 15 is 0 Å². The lowest BCUT2D eigenvalue weighted by atomic mass is 10.1. The summed E-state index contributed by atoms with van der Waals surface area (Å²) in [6, 6.07) is 20.4. The Kier molecular flexibility index (Phi) is 11.3. The van der Waals surface area contributed by atoms with Gasteiger partial charge in [-0.15, -0.1) is 12.4 Å². The van der Waals surface area contributed by atoms with Crippen LogP contribution in [-0.4, -0.2) is 61.8 Å². The second kappa shape index (κ2) is 15.3. The second-order valence-electron chi connectivity index (χ2n) is 10.3. The maximum absolute atomic E-state index is 13.7. The molecule has 1 saturated heterocycles. The van der Waals surface area contributed by atoms with E-state index < -0.39 is 0 Å². The van der Waals surface area contributed by atoms with E-state index in [0.29, 0.717) is 68.3 Å². The monoisotopic (exact) mass is 617 g/mol. The van der Waals surface area contributed by atoms with Crippen LogP contribution in [0, 0.1) is 11.3 Å². The van der Waals surface area contributed by atoms with E-state index in [1.807, 2.05) is 59.6 Å². The molecule has 1 fully saturated rings. The lowest BCUT2D eigenvalue weighted by molar-refractivity contribution is -0.132. The van der Waals surface area contributed by atoms with Gasteiger partial charge in [-0.05, 0) is 60.4 Å². The number of imidazole rings is 1. The van der Waals surface area contributed by atoms with Crippen molar-refractivity contribution in [3.63, 3.8) is 0 Å². The van der Waals surface area contributed by atoms with Crippen LogP contribution in [0.2, 0.25) is 5.02 Å². The summed E-state index contributed by atoms with van der Waals surface area (Å²) in [5.41, 5.74) is 4.18. The highest BCUT2D eigenvalue weighted by molar-refractivity contribution is 6.30. The van der Waals surface area contributed by atoms with E-state index in [0.717, 1.165) is 16.8 Å². The summed E-state index contributed by atoms with van der Waals surface area (Å²) in [6.07, 6.45) is 8.20. The molecule has 0 spiro atoms. The molecule has 5 rings (SSSR count). The Morgan fingerprint density at radius 2 is 1.91 bits per heavy atom. The van der Waals surface area contributed by atoms with E-state index in [-0.39, 0.29) is 30.3 Å². The van der Waals surface area contributed by atoms with Crippen molar-refractivity contribution in [3.8, 4) is 6.07 Å². The Balaban J connectivity index is 0.00000423. The molecular formula is C32H33Cl2N7O2. The largest absolute Gasteiger partial charge is 0.352 e. The highest BCUT2D eigenvalue weighted by Crippen LogP contribution is 2.23. The van der Waals surface area contributed by atoms with Crippen molar-refractivity contribution in [2.75, 3.05) is 19.6 Å². The molecule has 2 amide bonds. The normalized spacial score (nSPS) is 14.4. The molecule has 1 aliphatic heterocycles. The Labute approximate surface area is 262 Å². The minimum Gasteiger partial charge on any atom is -0.352 e. The van der Waals surface area contributed by atoms with Crippen LogP contribution in [0.1, 0.15) is 45.6 Å². The van der Waals surface area contributed by atoms with Crippen LogP contribution in [0.3, 0.4) is 0 Å². The van der Waals surface area contributed by atoms with Gasteiger partial charge in [-0.3, -0.25) is 19.5 Å². The SMILES string of the molecule is Cl.N#Cc1ccc(Cn2cncc2CN(CCCNC(=O)c2cccnc2)[C@H]2CCN(Cc3cccc(Cl)c3)C2=O)cc1. The van der Waals surface area contributed by atoms with Crippen molar-refractivity contribution in [2.24, 2.45) is 0 Å². The number of carbonyl (C=O) groups excluding carboxylic acids is 2. The van der Waals surface area contributed by atoms with Crippen molar-refractivity contribution >= 4 is 35.8 Å². The van der Waals surface area contributed by atoms with Crippen molar-refractivity contribution < 1.29 is 9.59 Å². The molecular weight excluding hydrogens is 585 g/mol. The first-order valence-corrected chi connectivity index (χ1v) is 14.3. The van der Waals surface area contributed by atoms with E-state index in [1.54, 1.807) is 30.9 Å². The molecule has 2 aromatic carbocycles. The summed E-state index contributed by atoms with van der Waals surface area (Å²) in [6.45, 7) is 3.42. The number of amides is 2. The molecule has 1 N–H and O–H groups in total. The molecule has 4 aromatic rings. The minimum absolute atomic E-state index is 0. The smallest absolute Gasteiger partial charge is 0.252 e. The Bertz CT molecular complexity index is 1550. The van der Waals surface area contributed by atoms with E-state index in [1.165, 1.54) is 0 Å². The minimum atomic E-state index is -0.281. The number of hydrogen-bond donors (Lipinski definition) is 1. The maximum Gasteiger partial charge on any atom is 0.252 e. The summed E-state index contributed by atoms with van der Waals surface area (Å²) in [7, 11) is 0. The van der Waals surface area contributed by atoms with E-state index in [9.17, 15) is 9.59 Å². The van der Waals surface area contributed by atoms with Gasteiger partial charge in [0, 0.05) is 62.9 Å². The predicted octanol–water partition coefficient (Wildman–Crippen LogP) is 4.70. The molecule has 3 heterocycles. The van der Waals surface area contributed by atoms with Crippen LogP contribution < -0.4 is 5.32 Å². The van der Waals surface area contributed by atoms with Crippen molar-refractivity contribution in [3.05, 3.63) is 119 Å². The molecule has 0 aliphatic carbocycles. The summed E-state index contributed by atoms with van der Waals surface area (Å²) >= 11 is 6.18. The molecule has 43 heavy (non-hydrogen) atoms. The first-order valence-electron chi connectivity index (χ1n) is 13.9. The van der Waals surface area contributed by atoms with Gasteiger partial charge in [0.25, 0.3) is 5.91 Å². The van der Waals surface area contributed by atoms with Crippen molar-refractivity contribution in [1.82, 2.24) is 29.7 Å². The zero-order chi connectivity index (χ0) is 29.3. The zero-order valence-corrected chi connectivity index (χ0v) is 25.2. The standard InChI is InChI=1S/C32H32ClN7O2.ClH/c33-28-6-1-4-26(16-28)21-39-15-11-30(32(39)42)38(14-3-13-37-31(41)27-5-2-12-35-18-27)22-29-19-36-23-40(29)20-25-9-7-24(17-34)8-10-25;/h1-2,4-10,12,16,18-19,23,30H,3,11,13-15,20-22H2,(H,37,41);1H/t30-;/m0./s1. The lowest BCUT2D eigenvalue weighted by Gasteiger charge is -2.28. The van der Waals surface area contributed by atoms with Crippen molar-refractivity contribution in [2.45, 2.75) is 38.5 Å². The van der Waals surface area contributed by atoms with Gasteiger partial charge >= 0.3 is 0 Å². The molecule has 1 aliphatic rings. The first kappa shape index (κ1) is 31.7. The highest BCUT2D eigenvalue weighted by Gasteiger charge is 2.36. The van der Waals surface area contributed by atoms with Gasteiger partial charge in [-0.25, -0.2) is 4.98 Å². The Hall–Kier alpha value is -4.23. The molecule has 0 unspecified atom stereocenters. The van der Waals surface area contributed by atoms with Crippen LogP contribution in [0.4, 0.5) is 0 Å². The number of rotatable bonds is 12. The van der Waals surface area contributed by atoms with Crippen molar-refractivity contribution in [1.29, 1.82) is 5.26 Å². The molecule has 1 atom stereocenters. The number of nitriles is 1. The number of benzene rings is 2. The van der Waals surface area contributed by atoms with E-state index in [2.05, 4.69) is 30.8 Å². The van der Waals surface area contributed by atoms with Gasteiger partial charge in [0.2, 0.25) is 5.91 Å². The summed E-state index contributed by atoms with van der Waals surface area (Å²) < 4.78 is 2.07. The lowest BCUT2D eigenvalue weighted by Crippen LogP contribution is -2.43.